The van der Waals surface area contributed by atoms with Crippen LogP contribution in [0.2, 0.25) is 0 Å². The van der Waals surface area contributed by atoms with E-state index in [2.05, 4.69) is 58.0 Å². The first-order valence-corrected chi connectivity index (χ1v) is 11.8. The summed E-state index contributed by atoms with van der Waals surface area (Å²) in [6, 6.07) is 19.1. The molecule has 0 spiro atoms. The van der Waals surface area contributed by atoms with Crippen molar-refractivity contribution in [2.75, 3.05) is 6.54 Å². The van der Waals surface area contributed by atoms with Crippen LogP contribution in [0.15, 0.2) is 48.5 Å². The number of hydrogen-bond acceptors (Lipinski definition) is 1. The summed E-state index contributed by atoms with van der Waals surface area (Å²) in [7, 11) is 0. The predicted molar refractivity (Wildman–Crippen MR) is 120 cm³/mol. The van der Waals surface area contributed by atoms with E-state index in [1.165, 1.54) is 69.0 Å². The van der Waals surface area contributed by atoms with Gasteiger partial charge in [0.05, 0.1) is 6.04 Å². The second kappa shape index (κ2) is 7.32. The van der Waals surface area contributed by atoms with Gasteiger partial charge in [-0.15, -0.1) is 0 Å². The van der Waals surface area contributed by atoms with E-state index >= 15 is 0 Å². The SMILES string of the molecule is c1ccc(CN2CCn3c4c(c5cc(C6CCCCC6)ccc53)CCC[C@@H]42)cc1. The molecule has 1 aromatic heterocycles. The molecule has 3 aromatic rings. The molecule has 0 unspecified atom stereocenters. The third-order valence-electron chi connectivity index (χ3n) is 7.81. The molecule has 0 N–H and O–H groups in total. The molecule has 6 rings (SSSR count). The fourth-order valence-electron chi connectivity index (χ4n) is 6.39. The number of nitrogens with zero attached hydrogens (tertiary/aromatic N) is 2. The van der Waals surface area contributed by atoms with Gasteiger partial charge in [-0.2, -0.15) is 0 Å². The lowest BCUT2D eigenvalue weighted by Gasteiger charge is -2.40. The van der Waals surface area contributed by atoms with Crippen LogP contribution in [0.3, 0.4) is 0 Å². The molecule has 3 aliphatic rings. The van der Waals surface area contributed by atoms with Gasteiger partial charge in [0, 0.05) is 36.2 Å². The topological polar surface area (TPSA) is 8.17 Å². The van der Waals surface area contributed by atoms with Gasteiger partial charge in [0.2, 0.25) is 0 Å². The van der Waals surface area contributed by atoms with Crippen LogP contribution in [-0.2, 0) is 19.5 Å². The van der Waals surface area contributed by atoms with Crippen LogP contribution in [-0.4, -0.2) is 16.0 Å². The van der Waals surface area contributed by atoms with Gasteiger partial charge in [-0.1, -0.05) is 55.7 Å². The highest BCUT2D eigenvalue weighted by atomic mass is 15.2. The monoisotopic (exact) mass is 384 g/mol. The molecule has 1 atom stereocenters. The molecule has 1 aliphatic heterocycles. The van der Waals surface area contributed by atoms with Crippen molar-refractivity contribution in [3.05, 3.63) is 70.9 Å². The summed E-state index contributed by atoms with van der Waals surface area (Å²) in [5.41, 5.74) is 7.88. The predicted octanol–water partition coefficient (Wildman–Crippen LogP) is 6.58. The highest BCUT2D eigenvalue weighted by Crippen LogP contribution is 2.44. The van der Waals surface area contributed by atoms with Crippen LogP contribution in [0, 0.1) is 0 Å². The van der Waals surface area contributed by atoms with Gasteiger partial charge < -0.3 is 4.57 Å². The fraction of sp³-hybridized carbons (Fsp3) is 0.481. The van der Waals surface area contributed by atoms with Crippen molar-refractivity contribution in [1.29, 1.82) is 0 Å². The summed E-state index contributed by atoms with van der Waals surface area (Å²) >= 11 is 0. The van der Waals surface area contributed by atoms with E-state index in [0.29, 0.717) is 6.04 Å². The minimum absolute atomic E-state index is 0.596. The van der Waals surface area contributed by atoms with Crippen LogP contribution < -0.4 is 0 Å². The van der Waals surface area contributed by atoms with Crippen LogP contribution in [0.25, 0.3) is 10.9 Å². The number of hydrogen-bond donors (Lipinski definition) is 0. The number of aromatic nitrogens is 1. The first kappa shape index (κ1) is 17.8. The van der Waals surface area contributed by atoms with Gasteiger partial charge in [0.15, 0.2) is 0 Å². The average molecular weight is 385 g/mol. The molecule has 0 saturated heterocycles. The second-order valence-corrected chi connectivity index (χ2v) is 9.49. The van der Waals surface area contributed by atoms with Crippen molar-refractivity contribution in [3.8, 4) is 0 Å². The van der Waals surface area contributed by atoms with E-state index in [-0.39, 0.29) is 0 Å². The Hall–Kier alpha value is -2.06. The Balaban J connectivity index is 1.39. The quantitative estimate of drug-likeness (QED) is 0.495. The Morgan fingerprint density at radius 3 is 2.55 bits per heavy atom. The minimum Gasteiger partial charge on any atom is -0.342 e. The normalized spacial score (nSPS) is 22.7. The maximum Gasteiger partial charge on any atom is 0.0508 e. The summed E-state index contributed by atoms with van der Waals surface area (Å²) in [6.07, 6.45) is 11.0. The highest BCUT2D eigenvalue weighted by molar-refractivity contribution is 5.87. The number of fused-ring (bicyclic) bond motifs is 3. The summed E-state index contributed by atoms with van der Waals surface area (Å²) in [5.74, 6) is 0.797. The van der Waals surface area contributed by atoms with E-state index in [0.717, 1.165) is 19.0 Å². The van der Waals surface area contributed by atoms with E-state index < -0.39 is 0 Å². The lowest BCUT2D eigenvalue weighted by molar-refractivity contribution is 0.133. The molecule has 150 valence electrons. The van der Waals surface area contributed by atoms with Gasteiger partial charge in [0.1, 0.15) is 0 Å². The molecule has 2 aliphatic carbocycles. The van der Waals surface area contributed by atoms with Gasteiger partial charge in [-0.3, -0.25) is 4.90 Å². The molecule has 1 saturated carbocycles. The molecule has 2 heterocycles. The Kier molecular flexibility index (Phi) is 4.49. The van der Waals surface area contributed by atoms with Crippen LogP contribution in [0.5, 0.6) is 0 Å². The number of benzene rings is 2. The van der Waals surface area contributed by atoms with Crippen molar-refractivity contribution in [2.24, 2.45) is 0 Å². The maximum absolute atomic E-state index is 2.74. The van der Waals surface area contributed by atoms with Crippen molar-refractivity contribution in [1.82, 2.24) is 9.47 Å². The largest absolute Gasteiger partial charge is 0.342 e. The fourth-order valence-corrected chi connectivity index (χ4v) is 6.39. The summed E-state index contributed by atoms with van der Waals surface area (Å²) in [5, 5.41) is 1.58. The molecule has 2 heteroatoms. The summed E-state index contributed by atoms with van der Waals surface area (Å²) in [4.78, 5) is 2.74. The molecule has 2 nitrogen and oxygen atoms in total. The molecular formula is C27H32N2. The first-order valence-electron chi connectivity index (χ1n) is 11.8. The lowest BCUT2D eigenvalue weighted by atomic mass is 9.83. The van der Waals surface area contributed by atoms with Gasteiger partial charge in [-0.05, 0) is 66.8 Å². The molecule has 0 bridgehead atoms. The lowest BCUT2D eigenvalue weighted by Crippen LogP contribution is -2.39. The third kappa shape index (κ3) is 3.04. The van der Waals surface area contributed by atoms with E-state index in [9.17, 15) is 0 Å². The average Bonchev–Trinajstić information content (AvgIpc) is 3.11. The molecule has 0 radical (unpaired) electrons. The Labute approximate surface area is 174 Å². The number of rotatable bonds is 3. The van der Waals surface area contributed by atoms with Crippen molar-refractivity contribution >= 4 is 10.9 Å². The van der Waals surface area contributed by atoms with Crippen molar-refractivity contribution in [2.45, 2.75) is 76.4 Å². The molecular weight excluding hydrogens is 352 g/mol. The molecule has 1 fully saturated rings. The number of aryl methyl sites for hydroxylation is 1. The van der Waals surface area contributed by atoms with E-state index in [1.807, 2.05) is 0 Å². The van der Waals surface area contributed by atoms with E-state index in [4.69, 9.17) is 0 Å². The van der Waals surface area contributed by atoms with Gasteiger partial charge in [-0.25, -0.2) is 0 Å². The highest BCUT2D eigenvalue weighted by Gasteiger charge is 2.34. The Bertz CT molecular complexity index is 1010. The molecule has 29 heavy (non-hydrogen) atoms. The zero-order chi connectivity index (χ0) is 19.2. The molecule has 0 amide bonds. The maximum atomic E-state index is 2.74. The van der Waals surface area contributed by atoms with Crippen LogP contribution in [0.4, 0.5) is 0 Å². The summed E-state index contributed by atoms with van der Waals surface area (Å²) < 4.78 is 2.68. The smallest absolute Gasteiger partial charge is 0.0508 e. The molecule has 2 aromatic carbocycles. The van der Waals surface area contributed by atoms with Gasteiger partial charge >= 0.3 is 0 Å². The van der Waals surface area contributed by atoms with E-state index in [1.54, 1.807) is 22.2 Å². The van der Waals surface area contributed by atoms with Crippen LogP contribution in [0.1, 0.15) is 79.3 Å². The zero-order valence-corrected chi connectivity index (χ0v) is 17.4. The zero-order valence-electron chi connectivity index (χ0n) is 17.4. The first-order chi connectivity index (χ1) is 14.4. The third-order valence-corrected chi connectivity index (χ3v) is 7.81. The Morgan fingerprint density at radius 1 is 0.828 bits per heavy atom. The second-order valence-electron chi connectivity index (χ2n) is 9.49. The van der Waals surface area contributed by atoms with Gasteiger partial charge in [0.25, 0.3) is 0 Å². The summed E-state index contributed by atoms with van der Waals surface area (Å²) in [6.45, 7) is 3.39. The van der Waals surface area contributed by atoms with Crippen LogP contribution >= 0.6 is 0 Å². The Morgan fingerprint density at radius 2 is 1.69 bits per heavy atom. The van der Waals surface area contributed by atoms with Crippen molar-refractivity contribution in [3.63, 3.8) is 0 Å². The standard InChI is InChI=1S/C27H32N2/c1-3-8-20(9-4-1)19-28-16-17-29-25-15-14-22(21-10-5-2-6-11-21)18-24(25)23-12-7-13-26(28)27(23)29/h1,3-4,8-9,14-15,18,21,26H,2,5-7,10-13,16-17,19H2/t26-/m0/s1. The minimum atomic E-state index is 0.596. The van der Waals surface area contributed by atoms with Crippen molar-refractivity contribution < 1.29 is 0 Å².